The van der Waals surface area contributed by atoms with Crippen molar-refractivity contribution in [1.29, 1.82) is 0 Å². The van der Waals surface area contributed by atoms with Gasteiger partial charge in [-0.1, -0.05) is 31.2 Å². The van der Waals surface area contributed by atoms with Crippen LogP contribution in [0.3, 0.4) is 0 Å². The number of carbonyl (C=O) groups excluding carboxylic acids is 1. The van der Waals surface area contributed by atoms with Crippen molar-refractivity contribution in [2.24, 2.45) is 10.8 Å². The van der Waals surface area contributed by atoms with E-state index in [-0.39, 0.29) is 18.5 Å². The lowest BCUT2D eigenvalue weighted by atomic mass is 9.98. The van der Waals surface area contributed by atoms with Gasteiger partial charge in [0.15, 0.2) is 0 Å². The number of alkyl halides is 3. The molecule has 0 atom stereocenters. The summed E-state index contributed by atoms with van der Waals surface area (Å²) in [6.45, 7) is 7.16. The van der Waals surface area contributed by atoms with Gasteiger partial charge in [-0.2, -0.15) is 13.2 Å². The molecular formula is C26H32F3N7O. The number of carbonyl (C=O) groups is 1. The van der Waals surface area contributed by atoms with Gasteiger partial charge in [-0.15, -0.1) is 10.3 Å². The van der Waals surface area contributed by atoms with E-state index < -0.39 is 17.7 Å². The third-order valence-corrected chi connectivity index (χ3v) is 6.59. The second-order valence-electron chi connectivity index (χ2n) is 9.05. The number of benzene rings is 2. The number of likely N-dealkylation sites (N-methyl/N-ethyl adjacent to an activating group) is 1. The van der Waals surface area contributed by atoms with Gasteiger partial charge in [-0.05, 0) is 54.8 Å². The number of nitrogens with two attached hydrogens (primary N) is 1. The van der Waals surface area contributed by atoms with E-state index in [0.29, 0.717) is 17.7 Å². The minimum Gasteiger partial charge on any atom is -0.369 e. The monoisotopic (exact) mass is 515 g/mol. The topological polar surface area (TPSA) is 89.2 Å². The quantitative estimate of drug-likeness (QED) is 0.474. The fraction of sp³-hybridized carbons (Fsp3) is 0.385. The first-order valence-corrected chi connectivity index (χ1v) is 12.3. The fourth-order valence-electron chi connectivity index (χ4n) is 4.51. The largest absolute Gasteiger partial charge is 0.419 e. The number of nitrogens with one attached hydrogen (secondary N) is 2. The summed E-state index contributed by atoms with van der Waals surface area (Å²) in [7, 11) is 0. The number of primary amides is 1. The van der Waals surface area contributed by atoms with Crippen molar-refractivity contribution < 1.29 is 18.0 Å². The third-order valence-electron chi connectivity index (χ3n) is 6.59. The molecule has 0 unspecified atom stereocenters. The highest BCUT2D eigenvalue weighted by Crippen LogP contribution is 2.30. The molecule has 1 fully saturated rings. The molecule has 198 valence electrons. The van der Waals surface area contributed by atoms with Crippen LogP contribution in [0, 0.1) is 0 Å². The van der Waals surface area contributed by atoms with Crippen LogP contribution in [-0.2, 0) is 17.6 Å². The lowest BCUT2D eigenvalue weighted by Crippen LogP contribution is -2.46. The van der Waals surface area contributed by atoms with Crippen molar-refractivity contribution in [3.63, 3.8) is 0 Å². The first-order valence-electron chi connectivity index (χ1n) is 12.3. The Kier molecular flexibility index (Phi) is 8.22. The first-order chi connectivity index (χ1) is 17.7. The molecule has 37 heavy (non-hydrogen) atoms. The fourth-order valence-corrected chi connectivity index (χ4v) is 4.51. The van der Waals surface area contributed by atoms with Gasteiger partial charge in [0.25, 0.3) is 0 Å². The number of anilines is 2. The highest BCUT2D eigenvalue weighted by Gasteiger charge is 2.37. The highest BCUT2D eigenvalue weighted by molar-refractivity contribution is 5.82. The maximum Gasteiger partial charge on any atom is 0.419 e. The number of aryl methyl sites for hydroxylation is 1. The maximum absolute atomic E-state index is 13.7. The number of hydrazone groups is 1. The Morgan fingerprint density at radius 2 is 1.70 bits per heavy atom. The van der Waals surface area contributed by atoms with Crippen molar-refractivity contribution in [1.82, 2.24) is 15.6 Å². The molecule has 8 nitrogen and oxygen atoms in total. The van der Waals surface area contributed by atoms with Crippen molar-refractivity contribution >= 4 is 23.5 Å². The molecular weight excluding hydrogens is 483 g/mol. The Hall–Kier alpha value is -3.73. The Labute approximate surface area is 214 Å². The van der Waals surface area contributed by atoms with Crippen LogP contribution < -0.4 is 21.5 Å². The van der Waals surface area contributed by atoms with Gasteiger partial charge in [0.1, 0.15) is 0 Å². The molecule has 0 radical (unpaired) electrons. The molecule has 4 rings (SSSR count). The number of hydrogen-bond donors (Lipinski definition) is 3. The van der Waals surface area contributed by atoms with E-state index in [4.69, 9.17) is 5.73 Å². The minimum absolute atomic E-state index is 0.0192. The molecule has 0 aliphatic carbocycles. The van der Waals surface area contributed by atoms with Gasteiger partial charge in [0.05, 0.1) is 23.9 Å². The molecule has 1 saturated heterocycles. The van der Waals surface area contributed by atoms with Crippen LogP contribution in [0.2, 0.25) is 0 Å². The molecule has 4 N–H and O–H groups in total. The summed E-state index contributed by atoms with van der Waals surface area (Å²) < 4.78 is 41.1. The predicted molar refractivity (Wildman–Crippen MR) is 139 cm³/mol. The van der Waals surface area contributed by atoms with Crippen molar-refractivity contribution in [3.05, 3.63) is 70.9 Å². The van der Waals surface area contributed by atoms with Gasteiger partial charge < -0.3 is 15.5 Å². The van der Waals surface area contributed by atoms with Gasteiger partial charge in [-0.25, -0.2) is 0 Å². The molecule has 0 spiro atoms. The molecule has 0 aromatic heterocycles. The molecule has 1 amide bonds. The Balaban J connectivity index is 1.41. The second kappa shape index (κ2) is 11.5. The molecule has 0 saturated carbocycles. The Bertz CT molecular complexity index is 1140. The van der Waals surface area contributed by atoms with Gasteiger partial charge in [-0.3, -0.25) is 15.6 Å². The average Bonchev–Trinajstić information content (AvgIpc) is 2.88. The summed E-state index contributed by atoms with van der Waals surface area (Å²) >= 11 is 0. The number of nitrogens with zero attached hydrogens (tertiary/aromatic N) is 4. The molecule has 11 heteroatoms. The summed E-state index contributed by atoms with van der Waals surface area (Å²) in [5.74, 6) is -0.491. The summed E-state index contributed by atoms with van der Waals surface area (Å²) in [6, 6.07) is 14.9. The summed E-state index contributed by atoms with van der Waals surface area (Å²) in [5, 5.41) is 5.07. The van der Waals surface area contributed by atoms with Crippen LogP contribution in [-0.4, -0.2) is 61.1 Å². The lowest BCUT2D eigenvalue weighted by molar-refractivity contribution is -0.117. The summed E-state index contributed by atoms with van der Waals surface area (Å²) in [6.07, 6.45) is -3.34. The van der Waals surface area contributed by atoms with Gasteiger partial charge in [0, 0.05) is 37.6 Å². The molecule has 2 aliphatic rings. The van der Waals surface area contributed by atoms with E-state index in [0.717, 1.165) is 50.2 Å². The predicted octanol–water partition coefficient (Wildman–Crippen LogP) is 3.44. The van der Waals surface area contributed by atoms with Crippen LogP contribution in [0.4, 0.5) is 24.5 Å². The summed E-state index contributed by atoms with van der Waals surface area (Å²) in [4.78, 5) is 16.1. The Morgan fingerprint density at radius 1 is 1.03 bits per heavy atom. The smallest absolute Gasteiger partial charge is 0.369 e. The zero-order chi connectivity index (χ0) is 26.4. The third kappa shape index (κ3) is 6.94. The number of allylic oxidation sites excluding steroid dienone is 2. The molecule has 2 aliphatic heterocycles. The van der Waals surface area contributed by atoms with Crippen LogP contribution in [0.1, 0.15) is 24.5 Å². The molecule has 2 heterocycles. The van der Waals surface area contributed by atoms with Crippen LogP contribution in [0.5, 0.6) is 0 Å². The van der Waals surface area contributed by atoms with E-state index in [1.54, 1.807) is 24.3 Å². The van der Waals surface area contributed by atoms with Crippen molar-refractivity contribution in [2.75, 3.05) is 43.0 Å². The molecule has 2 aromatic carbocycles. The van der Waals surface area contributed by atoms with E-state index >= 15 is 0 Å². The van der Waals surface area contributed by atoms with Crippen LogP contribution >= 0.6 is 0 Å². The number of rotatable bonds is 9. The van der Waals surface area contributed by atoms with Crippen molar-refractivity contribution in [2.45, 2.75) is 32.4 Å². The van der Waals surface area contributed by atoms with Crippen molar-refractivity contribution in [3.8, 4) is 0 Å². The van der Waals surface area contributed by atoms with Gasteiger partial charge in [0.2, 0.25) is 5.91 Å². The van der Waals surface area contributed by atoms with E-state index in [2.05, 4.69) is 32.7 Å². The maximum atomic E-state index is 13.7. The van der Waals surface area contributed by atoms with Crippen LogP contribution in [0.25, 0.3) is 0 Å². The van der Waals surface area contributed by atoms with Gasteiger partial charge >= 0.3 is 6.18 Å². The number of hydrazine groups is 2. The summed E-state index contributed by atoms with van der Waals surface area (Å²) in [5.41, 5.74) is 13.5. The second-order valence-corrected chi connectivity index (χ2v) is 9.05. The zero-order valence-corrected chi connectivity index (χ0v) is 20.8. The van der Waals surface area contributed by atoms with E-state index in [1.165, 1.54) is 5.23 Å². The normalized spacial score (nSPS) is 16.6. The standard InChI is InChI=1S/C26H32F3N7O/c1-2-34-13-15-35(16-14-34)22-10-8-21(9-11-22)32-36-31-18-23(26(27,28)29)24(33-36)12-7-19-5-3-4-6-20(19)17-25(30)37/h3-6,8-11,18,32-33H,2,7,12-17H2,1H3,(H2,30,37). The zero-order valence-electron chi connectivity index (χ0n) is 20.8. The highest BCUT2D eigenvalue weighted by atomic mass is 19.4. The first kappa shape index (κ1) is 26.3. The van der Waals surface area contributed by atoms with Crippen LogP contribution in [0.15, 0.2) is 64.9 Å². The average molecular weight is 516 g/mol. The molecule has 0 bridgehead atoms. The van der Waals surface area contributed by atoms with E-state index in [9.17, 15) is 18.0 Å². The SMILES string of the molecule is CCN1CCN(c2ccc(NN3N=CC(C(F)(F)F)=C(CCc4ccccc4CC(N)=O)N3)cc2)CC1. The number of halogens is 3. The minimum atomic E-state index is -4.56. The number of hydrogen-bond acceptors (Lipinski definition) is 7. The van der Waals surface area contributed by atoms with E-state index in [1.807, 2.05) is 24.3 Å². The lowest BCUT2D eigenvalue weighted by Gasteiger charge is -2.35. The molecule has 2 aromatic rings. The Morgan fingerprint density at radius 3 is 2.32 bits per heavy atom. The number of piperazine rings is 1. The number of amides is 1.